The van der Waals surface area contributed by atoms with E-state index >= 15 is 0 Å². The number of anilines is 1. The van der Waals surface area contributed by atoms with Gasteiger partial charge in [-0.25, -0.2) is 9.97 Å². The van der Waals surface area contributed by atoms with E-state index < -0.39 is 0 Å². The van der Waals surface area contributed by atoms with Crippen molar-refractivity contribution in [2.45, 2.75) is 0 Å². The summed E-state index contributed by atoms with van der Waals surface area (Å²) in [7, 11) is 0. The minimum Gasteiger partial charge on any atom is -0.463 e. The van der Waals surface area contributed by atoms with Crippen LogP contribution in [0, 0.1) is 0 Å². The molecule has 0 aromatic carbocycles. The zero-order valence-corrected chi connectivity index (χ0v) is 6.27. The zero-order valence-electron chi connectivity index (χ0n) is 6.27. The number of hydrogen-bond acceptors (Lipinski definition) is 4. The summed E-state index contributed by atoms with van der Waals surface area (Å²) in [5.41, 5.74) is 6.06. The summed E-state index contributed by atoms with van der Waals surface area (Å²) in [5.74, 6) is 1.10. The Bertz CT molecular complexity index is 352. The van der Waals surface area contributed by atoms with Crippen LogP contribution in [-0.2, 0) is 0 Å². The van der Waals surface area contributed by atoms with E-state index in [1.54, 1.807) is 18.5 Å². The molecule has 0 atom stereocenters. The predicted octanol–water partition coefficient (Wildman–Crippen LogP) is 1.32. The Labute approximate surface area is 69.1 Å². The standard InChI is InChI=1S/C8H7N3O/c9-8-5-10-6(4-11-8)7-2-1-3-12-7/h1-5H,(H2,9,11). The first-order valence-corrected chi connectivity index (χ1v) is 3.47. The highest BCUT2D eigenvalue weighted by atomic mass is 16.3. The molecule has 2 N–H and O–H groups in total. The molecule has 2 aromatic rings. The fraction of sp³-hybridized carbons (Fsp3) is 0. The average Bonchev–Trinajstić information content (AvgIpc) is 2.58. The third-order valence-electron chi connectivity index (χ3n) is 1.45. The lowest BCUT2D eigenvalue weighted by Gasteiger charge is -1.94. The topological polar surface area (TPSA) is 64.9 Å². The number of furan rings is 1. The van der Waals surface area contributed by atoms with E-state index in [4.69, 9.17) is 10.2 Å². The molecule has 0 unspecified atom stereocenters. The molecule has 2 rings (SSSR count). The summed E-state index contributed by atoms with van der Waals surface area (Å²) in [5, 5.41) is 0. The summed E-state index contributed by atoms with van der Waals surface area (Å²) in [4.78, 5) is 7.93. The monoisotopic (exact) mass is 161 g/mol. The van der Waals surface area contributed by atoms with Crippen LogP contribution in [0.5, 0.6) is 0 Å². The minimum atomic E-state index is 0.408. The lowest BCUT2D eigenvalue weighted by Crippen LogP contribution is -1.91. The molecule has 2 aromatic heterocycles. The Morgan fingerprint density at radius 1 is 1.25 bits per heavy atom. The largest absolute Gasteiger partial charge is 0.463 e. The molecule has 2 heterocycles. The number of nitrogen functional groups attached to an aromatic ring is 1. The molecular weight excluding hydrogens is 154 g/mol. The molecule has 4 nitrogen and oxygen atoms in total. The Balaban J connectivity index is 2.43. The normalized spacial score (nSPS) is 10.0. The van der Waals surface area contributed by atoms with Crippen LogP contribution < -0.4 is 5.73 Å². The van der Waals surface area contributed by atoms with Crippen LogP contribution in [0.2, 0.25) is 0 Å². The first-order valence-electron chi connectivity index (χ1n) is 3.47. The maximum Gasteiger partial charge on any atom is 0.153 e. The smallest absolute Gasteiger partial charge is 0.153 e. The second-order valence-electron chi connectivity index (χ2n) is 2.30. The Morgan fingerprint density at radius 2 is 2.17 bits per heavy atom. The van der Waals surface area contributed by atoms with Crippen molar-refractivity contribution in [3.8, 4) is 11.5 Å². The van der Waals surface area contributed by atoms with E-state index in [1.165, 1.54) is 6.20 Å². The minimum absolute atomic E-state index is 0.408. The maximum atomic E-state index is 5.38. The van der Waals surface area contributed by atoms with Crippen molar-refractivity contribution in [2.75, 3.05) is 5.73 Å². The second kappa shape index (κ2) is 2.65. The Morgan fingerprint density at radius 3 is 2.75 bits per heavy atom. The molecule has 0 bridgehead atoms. The summed E-state index contributed by atoms with van der Waals surface area (Å²) in [6, 6.07) is 3.62. The third-order valence-corrected chi connectivity index (χ3v) is 1.45. The van der Waals surface area contributed by atoms with Gasteiger partial charge >= 0.3 is 0 Å². The number of hydrogen-bond donors (Lipinski definition) is 1. The van der Waals surface area contributed by atoms with Crippen molar-refractivity contribution >= 4 is 5.82 Å². The van der Waals surface area contributed by atoms with Gasteiger partial charge in [-0.15, -0.1) is 0 Å². The van der Waals surface area contributed by atoms with Crippen molar-refractivity contribution in [2.24, 2.45) is 0 Å². The predicted molar refractivity (Wildman–Crippen MR) is 44.1 cm³/mol. The number of aromatic nitrogens is 2. The molecule has 0 amide bonds. The molecule has 0 aliphatic heterocycles. The molecular formula is C8H7N3O. The van der Waals surface area contributed by atoms with Crippen molar-refractivity contribution < 1.29 is 4.42 Å². The molecule has 0 aliphatic carbocycles. The van der Waals surface area contributed by atoms with Gasteiger partial charge in [0.2, 0.25) is 0 Å². The highest BCUT2D eigenvalue weighted by Crippen LogP contribution is 2.15. The fourth-order valence-electron chi connectivity index (χ4n) is 0.890. The van der Waals surface area contributed by atoms with Gasteiger partial charge in [-0.05, 0) is 12.1 Å². The fourth-order valence-corrected chi connectivity index (χ4v) is 0.890. The first-order chi connectivity index (χ1) is 5.86. The van der Waals surface area contributed by atoms with Crippen LogP contribution in [-0.4, -0.2) is 9.97 Å². The molecule has 0 saturated carbocycles. The van der Waals surface area contributed by atoms with Gasteiger partial charge in [0.15, 0.2) is 5.76 Å². The van der Waals surface area contributed by atoms with E-state index in [1.807, 2.05) is 6.07 Å². The number of rotatable bonds is 1. The molecule has 0 radical (unpaired) electrons. The van der Waals surface area contributed by atoms with E-state index in [9.17, 15) is 0 Å². The summed E-state index contributed by atoms with van der Waals surface area (Å²) in [6.45, 7) is 0. The Hall–Kier alpha value is -1.84. The van der Waals surface area contributed by atoms with Crippen molar-refractivity contribution in [1.29, 1.82) is 0 Å². The zero-order chi connectivity index (χ0) is 8.39. The van der Waals surface area contributed by atoms with Gasteiger partial charge in [0, 0.05) is 0 Å². The SMILES string of the molecule is Nc1cnc(-c2ccco2)cn1. The van der Waals surface area contributed by atoms with Crippen molar-refractivity contribution in [1.82, 2.24) is 9.97 Å². The van der Waals surface area contributed by atoms with Gasteiger partial charge in [-0.3, -0.25) is 0 Å². The van der Waals surface area contributed by atoms with Gasteiger partial charge in [0.25, 0.3) is 0 Å². The molecule has 0 fully saturated rings. The van der Waals surface area contributed by atoms with Crippen molar-refractivity contribution in [3.63, 3.8) is 0 Å². The Kier molecular flexibility index (Phi) is 1.51. The van der Waals surface area contributed by atoms with Crippen LogP contribution in [0.15, 0.2) is 35.2 Å². The van der Waals surface area contributed by atoms with Crippen LogP contribution in [0.25, 0.3) is 11.5 Å². The van der Waals surface area contributed by atoms with Gasteiger partial charge in [0.05, 0.1) is 18.7 Å². The highest BCUT2D eigenvalue weighted by molar-refractivity contribution is 5.50. The van der Waals surface area contributed by atoms with Crippen LogP contribution in [0.1, 0.15) is 0 Å². The molecule has 0 spiro atoms. The molecule has 0 aliphatic rings. The van der Waals surface area contributed by atoms with Gasteiger partial charge in [-0.2, -0.15) is 0 Å². The van der Waals surface area contributed by atoms with Crippen LogP contribution in [0.3, 0.4) is 0 Å². The highest BCUT2D eigenvalue weighted by Gasteiger charge is 2.00. The van der Waals surface area contributed by atoms with E-state index in [0.717, 1.165) is 0 Å². The van der Waals surface area contributed by atoms with Gasteiger partial charge in [-0.1, -0.05) is 0 Å². The second-order valence-corrected chi connectivity index (χ2v) is 2.30. The lowest BCUT2D eigenvalue weighted by molar-refractivity contribution is 0.579. The summed E-state index contributed by atoms with van der Waals surface area (Å²) < 4.78 is 5.12. The van der Waals surface area contributed by atoms with E-state index in [2.05, 4.69) is 9.97 Å². The van der Waals surface area contributed by atoms with Crippen molar-refractivity contribution in [3.05, 3.63) is 30.8 Å². The van der Waals surface area contributed by atoms with Gasteiger partial charge in [0.1, 0.15) is 11.5 Å². The van der Waals surface area contributed by atoms with E-state index in [0.29, 0.717) is 17.3 Å². The molecule has 0 saturated heterocycles. The number of nitrogens with two attached hydrogens (primary N) is 1. The average molecular weight is 161 g/mol. The van der Waals surface area contributed by atoms with Gasteiger partial charge < -0.3 is 10.2 Å². The van der Waals surface area contributed by atoms with E-state index in [-0.39, 0.29) is 0 Å². The maximum absolute atomic E-state index is 5.38. The summed E-state index contributed by atoms with van der Waals surface area (Å²) in [6.07, 6.45) is 4.67. The number of nitrogens with zero attached hydrogens (tertiary/aromatic N) is 2. The molecule has 60 valence electrons. The quantitative estimate of drug-likeness (QED) is 0.685. The summed E-state index contributed by atoms with van der Waals surface area (Å²) >= 11 is 0. The molecule has 12 heavy (non-hydrogen) atoms. The lowest BCUT2D eigenvalue weighted by atomic mass is 10.3. The van der Waals surface area contributed by atoms with Crippen LogP contribution in [0.4, 0.5) is 5.82 Å². The third kappa shape index (κ3) is 1.14. The first kappa shape index (κ1) is 6.84. The molecule has 4 heteroatoms. The van der Waals surface area contributed by atoms with Crippen LogP contribution >= 0.6 is 0 Å².